The van der Waals surface area contributed by atoms with E-state index < -0.39 is 20.0 Å². The van der Waals surface area contributed by atoms with Crippen molar-refractivity contribution in [3.8, 4) is 0 Å². The van der Waals surface area contributed by atoms with Crippen molar-refractivity contribution in [2.45, 2.75) is 69.1 Å². The molecule has 2 aliphatic rings. The molecule has 1 heterocycles. The van der Waals surface area contributed by atoms with E-state index in [0.717, 1.165) is 36.1 Å². The Morgan fingerprint density at radius 3 is 1.89 bits per heavy atom. The topological polar surface area (TPSA) is 55.6 Å². The maximum Gasteiger partial charge on any atom is 0.235 e. The van der Waals surface area contributed by atoms with Crippen LogP contribution in [0.1, 0.15) is 42.4 Å². The molecule has 6 heteroatoms. The van der Waals surface area contributed by atoms with Gasteiger partial charge in [0, 0.05) is 11.0 Å². The van der Waals surface area contributed by atoms with E-state index in [1.807, 2.05) is 42.5 Å². The first-order valence-electron chi connectivity index (χ1n) is 13.5. The highest BCUT2D eigenvalue weighted by Crippen LogP contribution is 2.52. The zero-order chi connectivity index (χ0) is 26.2. The zero-order valence-corrected chi connectivity index (χ0v) is 23.3. The van der Waals surface area contributed by atoms with Gasteiger partial charge in [-0.3, -0.25) is 15.0 Å². The molecule has 1 aliphatic carbocycles. The molecular formula is C31H38N2O3Si. The van der Waals surface area contributed by atoms with Gasteiger partial charge in [-0.15, -0.1) is 0 Å². The molecule has 1 saturated heterocycles. The molecule has 2 fully saturated rings. The minimum atomic E-state index is -2.06. The highest BCUT2D eigenvalue weighted by atomic mass is 28.4. The minimum Gasteiger partial charge on any atom is -0.403 e. The monoisotopic (exact) mass is 514 g/mol. The summed E-state index contributed by atoms with van der Waals surface area (Å²) in [6.45, 7) is 9.77. The van der Waals surface area contributed by atoms with Gasteiger partial charge in [0.15, 0.2) is 8.32 Å². The SMILES string of the molecule is C[C@@H]1[C@@H](c2ccccc2)[C@H]([N+](=O)[O-])[C@H]1N1CCC[C@H]1C(O[Si](C)(C)C)(c1ccccc1)c1ccccc1. The summed E-state index contributed by atoms with van der Waals surface area (Å²) in [5.74, 6) is 0.0951. The highest BCUT2D eigenvalue weighted by molar-refractivity contribution is 6.69. The van der Waals surface area contributed by atoms with E-state index in [1.54, 1.807) is 0 Å². The van der Waals surface area contributed by atoms with Gasteiger partial charge in [-0.1, -0.05) is 97.9 Å². The van der Waals surface area contributed by atoms with Crippen LogP contribution in [0.2, 0.25) is 19.6 Å². The van der Waals surface area contributed by atoms with Crippen LogP contribution >= 0.6 is 0 Å². The Morgan fingerprint density at radius 2 is 1.41 bits per heavy atom. The second-order valence-corrected chi connectivity index (χ2v) is 16.1. The quantitative estimate of drug-likeness (QED) is 0.191. The van der Waals surface area contributed by atoms with Crippen molar-refractivity contribution < 1.29 is 9.35 Å². The standard InChI is InChI=1S/C31H38N2O3Si/c1-23-28(24-15-8-5-9-16-24)30(33(34)35)29(23)32-22-14-21-27(32)31(36-37(2,3)4,25-17-10-6-11-18-25)26-19-12-7-13-20-26/h5-13,15-20,23,27-30H,14,21-22H2,1-4H3/t23-,27+,28+,29+,30+/m1/s1. The predicted octanol–water partition coefficient (Wildman–Crippen LogP) is 6.69. The first-order chi connectivity index (χ1) is 17.7. The van der Waals surface area contributed by atoms with Crippen LogP contribution in [0.4, 0.5) is 0 Å². The number of hydrogen-bond donors (Lipinski definition) is 0. The number of nitrogens with zero attached hydrogens (tertiary/aromatic N) is 2. The molecule has 0 N–H and O–H groups in total. The predicted molar refractivity (Wildman–Crippen MR) is 151 cm³/mol. The molecule has 0 unspecified atom stereocenters. The molecule has 5 atom stereocenters. The Labute approximate surface area is 221 Å². The summed E-state index contributed by atoms with van der Waals surface area (Å²) in [6.07, 6.45) is 1.95. The van der Waals surface area contributed by atoms with Crippen molar-refractivity contribution in [2.75, 3.05) is 6.54 Å². The Morgan fingerprint density at radius 1 is 0.892 bits per heavy atom. The third-order valence-corrected chi connectivity index (χ3v) is 9.20. The lowest BCUT2D eigenvalue weighted by Crippen LogP contribution is -2.68. The van der Waals surface area contributed by atoms with Gasteiger partial charge in [-0.05, 0) is 61.6 Å². The van der Waals surface area contributed by atoms with E-state index >= 15 is 0 Å². The molecule has 0 spiro atoms. The summed E-state index contributed by atoms with van der Waals surface area (Å²) in [7, 11) is -2.06. The van der Waals surface area contributed by atoms with Gasteiger partial charge in [0.2, 0.25) is 6.04 Å². The molecule has 3 aromatic rings. The van der Waals surface area contributed by atoms with Gasteiger partial charge in [0.05, 0.1) is 12.0 Å². The summed E-state index contributed by atoms with van der Waals surface area (Å²) in [6, 6.07) is 30.4. The number of likely N-dealkylation sites (tertiary alicyclic amines) is 1. The van der Waals surface area contributed by atoms with E-state index in [4.69, 9.17) is 4.43 Å². The molecule has 3 aromatic carbocycles. The summed E-state index contributed by atoms with van der Waals surface area (Å²) in [5.41, 5.74) is 2.64. The van der Waals surface area contributed by atoms with Gasteiger partial charge in [-0.2, -0.15) is 0 Å². The summed E-state index contributed by atoms with van der Waals surface area (Å²) in [4.78, 5) is 15.0. The van der Waals surface area contributed by atoms with Gasteiger partial charge in [0.25, 0.3) is 0 Å². The molecule has 194 valence electrons. The number of rotatable bonds is 8. The fourth-order valence-corrected chi connectivity index (χ4v) is 8.34. The molecule has 37 heavy (non-hydrogen) atoms. The van der Waals surface area contributed by atoms with Crippen LogP contribution in [0.5, 0.6) is 0 Å². The van der Waals surface area contributed by atoms with Crippen molar-refractivity contribution in [3.63, 3.8) is 0 Å². The van der Waals surface area contributed by atoms with Crippen molar-refractivity contribution >= 4 is 8.32 Å². The molecule has 1 saturated carbocycles. The van der Waals surface area contributed by atoms with Crippen molar-refractivity contribution in [3.05, 3.63) is 118 Å². The zero-order valence-electron chi connectivity index (χ0n) is 22.3. The highest BCUT2D eigenvalue weighted by Gasteiger charge is 2.63. The fraction of sp³-hybridized carbons (Fsp3) is 0.419. The lowest BCUT2D eigenvalue weighted by atomic mass is 9.62. The van der Waals surface area contributed by atoms with Crippen molar-refractivity contribution in [1.29, 1.82) is 0 Å². The third kappa shape index (κ3) is 4.67. The van der Waals surface area contributed by atoms with Gasteiger partial charge >= 0.3 is 0 Å². The Hall–Kier alpha value is -2.80. The van der Waals surface area contributed by atoms with E-state index in [9.17, 15) is 10.1 Å². The van der Waals surface area contributed by atoms with Crippen LogP contribution in [-0.4, -0.2) is 42.8 Å². The first kappa shape index (κ1) is 25.8. The first-order valence-corrected chi connectivity index (χ1v) is 16.9. The van der Waals surface area contributed by atoms with Crippen LogP contribution in [0.3, 0.4) is 0 Å². The molecule has 0 radical (unpaired) electrons. The lowest BCUT2D eigenvalue weighted by molar-refractivity contribution is -0.556. The summed E-state index contributed by atoms with van der Waals surface area (Å²) >= 11 is 0. The smallest absolute Gasteiger partial charge is 0.235 e. The van der Waals surface area contributed by atoms with E-state index in [2.05, 4.69) is 80.0 Å². The molecule has 0 amide bonds. The fourth-order valence-electron chi connectivity index (χ4n) is 7.01. The Bertz CT molecular complexity index is 1160. The molecule has 1 aliphatic heterocycles. The van der Waals surface area contributed by atoms with Gasteiger partial charge in [0.1, 0.15) is 5.60 Å². The average Bonchev–Trinajstić information content (AvgIpc) is 3.36. The van der Waals surface area contributed by atoms with Gasteiger partial charge < -0.3 is 4.43 Å². The van der Waals surface area contributed by atoms with E-state index in [0.29, 0.717) is 0 Å². The number of benzene rings is 3. The van der Waals surface area contributed by atoms with Crippen molar-refractivity contribution in [1.82, 2.24) is 4.90 Å². The Balaban J connectivity index is 1.63. The maximum atomic E-state index is 12.6. The number of nitro groups is 1. The van der Waals surface area contributed by atoms with E-state index in [-0.39, 0.29) is 28.8 Å². The minimum absolute atomic E-state index is 0.00986. The van der Waals surface area contributed by atoms with Crippen molar-refractivity contribution in [2.24, 2.45) is 5.92 Å². The lowest BCUT2D eigenvalue weighted by Gasteiger charge is -2.55. The number of hydrogen-bond acceptors (Lipinski definition) is 4. The average molecular weight is 515 g/mol. The molecule has 0 bridgehead atoms. The third-order valence-electron chi connectivity index (χ3n) is 8.27. The van der Waals surface area contributed by atoms with E-state index in [1.165, 1.54) is 0 Å². The molecule has 5 rings (SSSR count). The van der Waals surface area contributed by atoms with Gasteiger partial charge in [-0.25, -0.2) is 0 Å². The van der Waals surface area contributed by atoms with Crippen LogP contribution in [0, 0.1) is 16.0 Å². The summed E-state index contributed by atoms with van der Waals surface area (Å²) in [5, 5.41) is 12.6. The largest absolute Gasteiger partial charge is 0.403 e. The Kier molecular flexibility index (Phi) is 7.09. The second kappa shape index (κ2) is 10.2. The van der Waals surface area contributed by atoms with Crippen LogP contribution < -0.4 is 0 Å². The molecular weight excluding hydrogens is 476 g/mol. The normalized spacial score (nSPS) is 26.5. The summed E-state index contributed by atoms with van der Waals surface area (Å²) < 4.78 is 7.30. The molecule has 0 aromatic heterocycles. The molecule has 5 nitrogen and oxygen atoms in total. The van der Waals surface area contributed by atoms with Crippen LogP contribution in [-0.2, 0) is 10.0 Å². The van der Waals surface area contributed by atoms with Crippen LogP contribution in [0.15, 0.2) is 91.0 Å². The second-order valence-electron chi connectivity index (χ2n) is 11.6. The van der Waals surface area contributed by atoms with Crippen LogP contribution in [0.25, 0.3) is 0 Å². The maximum absolute atomic E-state index is 12.6.